The first-order valence-corrected chi connectivity index (χ1v) is 1.97. The average molecular weight is 247 g/mol. The van der Waals surface area contributed by atoms with Gasteiger partial charge in [0.25, 0.3) is 0 Å². The first-order valence-electron chi connectivity index (χ1n) is 2.47. The number of hydrogen-bond donors (Lipinski definition) is 0. The second-order valence-corrected chi connectivity index (χ2v) is 0.750. The van der Waals surface area contributed by atoms with Crippen molar-refractivity contribution in [2.75, 3.05) is 0 Å². The Bertz CT molecular complexity index is 330. The van der Waals surface area contributed by atoms with Crippen molar-refractivity contribution >= 4 is 0 Å². The van der Waals surface area contributed by atoms with E-state index in [0.29, 0.717) is 0 Å². The molecule has 0 fully saturated rings. The van der Waals surface area contributed by atoms with Crippen LogP contribution in [0.5, 0.6) is 0 Å². The molecule has 1 nitrogen and oxygen atoms in total. The summed E-state index contributed by atoms with van der Waals surface area (Å²) in [7, 11) is 0. The largest absolute Gasteiger partial charge is 0.512 e. The van der Waals surface area contributed by atoms with Gasteiger partial charge in [-0.15, -0.1) is 12.3 Å². The molecule has 0 unspecified atom stereocenters. The zero-order valence-corrected chi connectivity index (χ0v) is 7.82. The van der Waals surface area contributed by atoms with E-state index in [0.717, 1.165) is 0 Å². The summed E-state index contributed by atoms with van der Waals surface area (Å²) in [5.41, 5.74) is 0. The van der Waals surface area contributed by atoms with Gasteiger partial charge in [-0.3, -0.25) is 5.92 Å². The maximum atomic E-state index is 6.32. The Morgan fingerprint density at radius 1 is 1.17 bits per heavy atom. The van der Waals surface area contributed by atoms with Crippen molar-refractivity contribution in [1.82, 2.24) is 0 Å². The van der Waals surface area contributed by atoms with E-state index in [1.807, 2.05) is 12.3 Å². The van der Waals surface area contributed by atoms with Gasteiger partial charge < -0.3 is 25.7 Å². The maximum Gasteiger partial charge on any atom is 0.125 e. The fourth-order valence-electron chi connectivity index (χ4n) is 0.125. The minimum Gasteiger partial charge on any atom is -0.512 e. The van der Waals surface area contributed by atoms with Crippen LogP contribution in [0.3, 0.4) is 0 Å². The van der Waals surface area contributed by atoms with E-state index < -0.39 is 0 Å². The van der Waals surface area contributed by atoms with Crippen LogP contribution in [-0.2, 0) is 20.4 Å². The summed E-state index contributed by atoms with van der Waals surface area (Å²) in [6.45, 7) is 4.75. The maximum absolute atomic E-state index is 6.32. The van der Waals surface area contributed by atoms with Gasteiger partial charge in [0.15, 0.2) is 0 Å². The summed E-state index contributed by atoms with van der Waals surface area (Å²) in [5, 5.41) is 6.25. The molecular weight excluding hydrogens is 241 g/mol. The first kappa shape index (κ1) is 16.8. The second-order valence-electron chi connectivity index (χ2n) is 0.750. The van der Waals surface area contributed by atoms with Gasteiger partial charge in [0.2, 0.25) is 0 Å². The van der Waals surface area contributed by atoms with Gasteiger partial charge >= 0.3 is 0 Å². The molecule has 0 rings (SSSR count). The molecule has 0 saturated carbocycles. The fraction of sp³-hybridized carbons (Fsp3) is 0. The third-order valence-electron chi connectivity index (χ3n) is 0.312. The Kier molecular flexibility index (Phi) is 47.9. The SMILES string of the molecule is [3H]C#CC#CC#CC#[C-].[C-]#N.[CH3-].[Pd]. The van der Waals surface area contributed by atoms with Crippen LogP contribution >= 0.6 is 0 Å². The van der Waals surface area contributed by atoms with Gasteiger partial charge in [0, 0.05) is 20.4 Å². The molecule has 0 aromatic carbocycles. The Morgan fingerprint density at radius 3 is 2.08 bits per heavy atom. The zero-order chi connectivity index (χ0) is 8.95. The summed E-state index contributed by atoms with van der Waals surface area (Å²) in [4.78, 5) is 0. The van der Waals surface area contributed by atoms with Crippen molar-refractivity contribution in [3.05, 3.63) is 20.4 Å². The Morgan fingerprint density at radius 2 is 1.67 bits per heavy atom. The molecule has 0 amide bonds. The molecule has 0 bridgehead atoms. The molecule has 0 N–H and O–H groups in total. The van der Waals surface area contributed by atoms with Gasteiger partial charge in [-0.05, 0) is 17.8 Å². The zero-order valence-electron chi connectivity index (χ0n) is 7.26. The minimum atomic E-state index is 0. The quantitative estimate of drug-likeness (QED) is 0.352. The summed E-state index contributed by atoms with van der Waals surface area (Å²) in [6, 6.07) is 0. The number of rotatable bonds is 0. The monoisotopic (exact) mass is 246 g/mol. The van der Waals surface area contributed by atoms with E-state index in [2.05, 4.69) is 29.6 Å². The molecule has 0 aliphatic carbocycles. The molecule has 0 spiro atoms. The van der Waals surface area contributed by atoms with E-state index in [4.69, 9.17) is 19.6 Å². The average Bonchev–Trinajstić information content (AvgIpc) is 2.08. The van der Waals surface area contributed by atoms with Gasteiger partial charge in [-0.25, -0.2) is 5.92 Å². The normalized spacial score (nSPS) is 2.92. The van der Waals surface area contributed by atoms with Crippen LogP contribution in [0, 0.1) is 67.6 Å². The van der Waals surface area contributed by atoms with E-state index in [1.54, 1.807) is 0 Å². The van der Waals surface area contributed by atoms with Crippen molar-refractivity contribution in [1.29, 1.82) is 5.26 Å². The van der Waals surface area contributed by atoms with Crippen molar-refractivity contribution in [2.45, 2.75) is 0 Å². The van der Waals surface area contributed by atoms with Gasteiger partial charge in [0.1, 0.15) is 1.37 Å². The van der Waals surface area contributed by atoms with E-state index in [-0.39, 0.29) is 27.8 Å². The predicted molar refractivity (Wildman–Crippen MR) is 42.9 cm³/mol. The smallest absolute Gasteiger partial charge is 0.125 e. The Balaban J connectivity index is -0.0000000941. The van der Waals surface area contributed by atoms with Crippen molar-refractivity contribution in [3.63, 3.8) is 0 Å². The molecule has 62 valence electrons. The van der Waals surface area contributed by atoms with Crippen molar-refractivity contribution in [3.8, 4) is 41.9 Å². The molecule has 0 heterocycles. The van der Waals surface area contributed by atoms with Crippen LogP contribution in [0.4, 0.5) is 0 Å². The molecule has 0 aliphatic heterocycles. The van der Waals surface area contributed by atoms with Crippen LogP contribution in [0.15, 0.2) is 0 Å². The van der Waals surface area contributed by atoms with Gasteiger partial charge in [-0.2, -0.15) is 0 Å². The summed E-state index contributed by atoms with van der Waals surface area (Å²) in [5.74, 6) is 13.0. The van der Waals surface area contributed by atoms with Crippen LogP contribution in [0.1, 0.15) is 1.37 Å². The number of hydrogen-bond acceptors (Lipinski definition) is 1. The molecule has 0 radical (unpaired) electrons. The molecule has 12 heavy (non-hydrogen) atoms. The molecule has 0 aromatic heterocycles. The fourth-order valence-corrected chi connectivity index (χ4v) is 0.125. The topological polar surface area (TPSA) is 23.8 Å². The van der Waals surface area contributed by atoms with Gasteiger partial charge in [-0.1, -0.05) is 0 Å². The van der Waals surface area contributed by atoms with Crippen LogP contribution in [0.25, 0.3) is 0 Å². The van der Waals surface area contributed by atoms with Crippen LogP contribution in [-0.4, -0.2) is 0 Å². The van der Waals surface area contributed by atoms with Crippen molar-refractivity contribution < 1.29 is 21.8 Å². The molecule has 0 atom stereocenters. The van der Waals surface area contributed by atoms with Crippen LogP contribution in [0.2, 0.25) is 0 Å². The Labute approximate surface area is 89.6 Å². The number of nitrogens with zero attached hydrogens (tertiary/aromatic N) is 1. The first-order chi connectivity index (χ1) is 5.41. The molecular formula is C10H4NPd-3. The van der Waals surface area contributed by atoms with Crippen molar-refractivity contribution in [2.24, 2.45) is 0 Å². The molecule has 0 aliphatic rings. The number of terminal acetylenes is 1. The summed E-state index contributed by atoms with van der Waals surface area (Å²) in [6.07, 6.45) is 8.15. The predicted octanol–water partition coefficient (Wildman–Crippen LogP) is 0.760. The summed E-state index contributed by atoms with van der Waals surface area (Å²) >= 11 is 0. The molecule has 0 aromatic rings. The third kappa shape index (κ3) is 39.9. The van der Waals surface area contributed by atoms with E-state index in [1.165, 1.54) is 0 Å². The third-order valence-corrected chi connectivity index (χ3v) is 0.312. The standard InChI is InChI=1S/C8H.CN.CH3.Pd/c1-3-5-7-8-6-4-2;1-2;;/h1H;;1H3;/q3*-1;/i1T;;;. The Hall–Kier alpha value is -1.61. The minimum absolute atomic E-state index is 0. The molecule has 2 heteroatoms. The second kappa shape index (κ2) is 34.3. The van der Waals surface area contributed by atoms with E-state index >= 15 is 0 Å². The molecule has 0 saturated heterocycles. The van der Waals surface area contributed by atoms with Crippen LogP contribution < -0.4 is 0 Å². The van der Waals surface area contributed by atoms with Gasteiger partial charge in [0.05, 0.1) is 0 Å². The van der Waals surface area contributed by atoms with E-state index in [9.17, 15) is 0 Å². The summed E-state index contributed by atoms with van der Waals surface area (Å²) < 4.78 is 6.32.